The third-order valence-corrected chi connectivity index (χ3v) is 1.88. The number of hydrogen-bond donors (Lipinski definition) is 1. The van der Waals surface area contributed by atoms with Crippen LogP contribution in [0.2, 0.25) is 5.02 Å². The second-order valence-corrected chi connectivity index (χ2v) is 2.95. The van der Waals surface area contributed by atoms with E-state index in [2.05, 4.69) is 5.32 Å². The van der Waals surface area contributed by atoms with Crippen molar-refractivity contribution in [3.05, 3.63) is 29.0 Å². The van der Waals surface area contributed by atoms with E-state index < -0.39 is 0 Å². The molecule has 0 amide bonds. The third-order valence-electron chi connectivity index (χ3n) is 1.55. The second kappa shape index (κ2) is 5.04. The maximum absolute atomic E-state index is 12.7. The van der Waals surface area contributed by atoms with Gasteiger partial charge < -0.3 is 10.1 Å². The molecular weight excluding hydrogens is 193 g/mol. The molecule has 1 rings (SSSR count). The van der Waals surface area contributed by atoms with E-state index in [4.69, 9.17) is 16.3 Å². The van der Waals surface area contributed by atoms with Crippen molar-refractivity contribution in [2.24, 2.45) is 0 Å². The highest BCUT2D eigenvalue weighted by molar-refractivity contribution is 6.33. The number of methoxy groups -OCH3 is 1. The molecule has 0 aliphatic heterocycles. The van der Waals surface area contributed by atoms with Gasteiger partial charge in [-0.3, -0.25) is 0 Å². The molecule has 4 heteroatoms. The van der Waals surface area contributed by atoms with Crippen molar-refractivity contribution in [1.82, 2.24) is 0 Å². The van der Waals surface area contributed by atoms with Crippen LogP contribution in [-0.4, -0.2) is 20.3 Å². The summed E-state index contributed by atoms with van der Waals surface area (Å²) in [5.41, 5.74) is 0.596. The standard InChI is InChI=1S/C9H11ClFNO/c1-13-5-4-12-9-6-7(11)2-3-8(9)10/h2-3,6,12H,4-5H2,1H3. The Balaban J connectivity index is 2.59. The lowest BCUT2D eigenvalue weighted by molar-refractivity contribution is 0.211. The number of halogens is 2. The van der Waals surface area contributed by atoms with Crippen molar-refractivity contribution in [1.29, 1.82) is 0 Å². The first-order valence-electron chi connectivity index (χ1n) is 3.92. The molecule has 0 unspecified atom stereocenters. The van der Waals surface area contributed by atoms with Crippen molar-refractivity contribution < 1.29 is 9.13 Å². The Labute approximate surface area is 81.7 Å². The van der Waals surface area contributed by atoms with Gasteiger partial charge in [0.2, 0.25) is 0 Å². The van der Waals surface area contributed by atoms with Gasteiger partial charge in [-0.15, -0.1) is 0 Å². The maximum Gasteiger partial charge on any atom is 0.125 e. The predicted octanol–water partition coefficient (Wildman–Crippen LogP) is 2.54. The number of nitrogens with one attached hydrogen (secondary N) is 1. The lowest BCUT2D eigenvalue weighted by Gasteiger charge is -2.07. The molecule has 0 heterocycles. The first-order valence-corrected chi connectivity index (χ1v) is 4.29. The quantitative estimate of drug-likeness (QED) is 0.760. The fourth-order valence-electron chi connectivity index (χ4n) is 0.921. The molecule has 1 N–H and O–H groups in total. The summed E-state index contributed by atoms with van der Waals surface area (Å²) in [6, 6.07) is 4.20. The average Bonchev–Trinajstić information content (AvgIpc) is 2.11. The van der Waals surface area contributed by atoms with Crippen LogP contribution < -0.4 is 5.32 Å². The Kier molecular flexibility index (Phi) is 3.99. The fourth-order valence-corrected chi connectivity index (χ4v) is 1.11. The third kappa shape index (κ3) is 3.20. The molecule has 0 spiro atoms. The average molecular weight is 204 g/mol. The van der Waals surface area contributed by atoms with Crippen LogP contribution in [0.5, 0.6) is 0 Å². The first kappa shape index (κ1) is 10.3. The minimum atomic E-state index is -0.302. The van der Waals surface area contributed by atoms with Gasteiger partial charge >= 0.3 is 0 Å². The predicted molar refractivity (Wildman–Crippen MR) is 51.8 cm³/mol. The Morgan fingerprint density at radius 2 is 2.31 bits per heavy atom. The molecule has 13 heavy (non-hydrogen) atoms. The molecule has 0 aliphatic rings. The largest absolute Gasteiger partial charge is 0.383 e. The summed E-state index contributed by atoms with van der Waals surface area (Å²) in [7, 11) is 1.61. The van der Waals surface area contributed by atoms with Crippen molar-refractivity contribution in [3.63, 3.8) is 0 Å². The van der Waals surface area contributed by atoms with Crippen LogP contribution in [0.3, 0.4) is 0 Å². The molecule has 0 aliphatic carbocycles. The van der Waals surface area contributed by atoms with Crippen molar-refractivity contribution in [3.8, 4) is 0 Å². The van der Waals surface area contributed by atoms with Crippen molar-refractivity contribution >= 4 is 17.3 Å². The zero-order valence-corrected chi connectivity index (χ0v) is 8.07. The molecule has 1 aromatic rings. The minimum absolute atomic E-state index is 0.302. The van der Waals surface area contributed by atoms with E-state index in [0.29, 0.717) is 23.9 Å². The lowest BCUT2D eigenvalue weighted by atomic mass is 10.3. The topological polar surface area (TPSA) is 21.3 Å². The van der Waals surface area contributed by atoms with Crippen LogP contribution >= 0.6 is 11.6 Å². The zero-order chi connectivity index (χ0) is 9.68. The highest BCUT2D eigenvalue weighted by atomic mass is 35.5. The summed E-state index contributed by atoms with van der Waals surface area (Å²) >= 11 is 5.81. The molecule has 1 aromatic carbocycles. The molecule has 72 valence electrons. The van der Waals surface area contributed by atoms with Crippen molar-refractivity contribution in [2.75, 3.05) is 25.6 Å². The van der Waals surface area contributed by atoms with Gasteiger partial charge in [0.05, 0.1) is 17.3 Å². The van der Waals surface area contributed by atoms with E-state index >= 15 is 0 Å². The minimum Gasteiger partial charge on any atom is -0.383 e. The van der Waals surface area contributed by atoms with Gasteiger partial charge in [-0.25, -0.2) is 4.39 Å². The Morgan fingerprint density at radius 3 is 3.00 bits per heavy atom. The van der Waals surface area contributed by atoms with Gasteiger partial charge in [0.15, 0.2) is 0 Å². The molecule has 0 atom stereocenters. The monoisotopic (exact) mass is 203 g/mol. The Hall–Kier alpha value is -0.800. The van der Waals surface area contributed by atoms with E-state index in [1.54, 1.807) is 7.11 Å². The van der Waals surface area contributed by atoms with E-state index in [1.165, 1.54) is 18.2 Å². The van der Waals surface area contributed by atoms with Crippen LogP contribution in [0.25, 0.3) is 0 Å². The number of hydrogen-bond acceptors (Lipinski definition) is 2. The molecule has 2 nitrogen and oxygen atoms in total. The summed E-state index contributed by atoms with van der Waals surface area (Å²) in [5, 5.41) is 3.47. The SMILES string of the molecule is COCCNc1cc(F)ccc1Cl. The highest BCUT2D eigenvalue weighted by Crippen LogP contribution is 2.21. The van der Waals surface area contributed by atoms with Crippen molar-refractivity contribution in [2.45, 2.75) is 0 Å². The normalized spacial score (nSPS) is 10.1. The molecule has 0 radical (unpaired) electrons. The van der Waals surface area contributed by atoms with E-state index in [0.717, 1.165) is 0 Å². The van der Waals surface area contributed by atoms with Crippen LogP contribution in [0.15, 0.2) is 18.2 Å². The summed E-state index contributed by atoms with van der Waals surface area (Å²) in [6.07, 6.45) is 0. The van der Waals surface area contributed by atoms with E-state index in [-0.39, 0.29) is 5.82 Å². The van der Waals surface area contributed by atoms with Crippen LogP contribution in [0.1, 0.15) is 0 Å². The van der Waals surface area contributed by atoms with Gasteiger partial charge in [-0.05, 0) is 18.2 Å². The molecule has 0 bridgehead atoms. The fraction of sp³-hybridized carbons (Fsp3) is 0.333. The first-order chi connectivity index (χ1) is 6.24. The van der Waals surface area contributed by atoms with Gasteiger partial charge in [0.1, 0.15) is 5.82 Å². The van der Waals surface area contributed by atoms with Crippen LogP contribution in [0.4, 0.5) is 10.1 Å². The van der Waals surface area contributed by atoms with Gasteiger partial charge in [0, 0.05) is 13.7 Å². The Bertz CT molecular complexity index is 280. The van der Waals surface area contributed by atoms with Gasteiger partial charge in [-0.1, -0.05) is 11.6 Å². The number of anilines is 1. The smallest absolute Gasteiger partial charge is 0.125 e. The van der Waals surface area contributed by atoms with Gasteiger partial charge in [-0.2, -0.15) is 0 Å². The highest BCUT2D eigenvalue weighted by Gasteiger charge is 2.00. The molecule has 0 saturated carbocycles. The zero-order valence-electron chi connectivity index (χ0n) is 7.31. The number of rotatable bonds is 4. The van der Waals surface area contributed by atoms with Crippen LogP contribution in [0, 0.1) is 5.82 Å². The van der Waals surface area contributed by atoms with Crippen LogP contribution in [-0.2, 0) is 4.74 Å². The number of ether oxygens (including phenoxy) is 1. The Morgan fingerprint density at radius 1 is 1.54 bits per heavy atom. The molecular formula is C9H11ClFNO. The summed E-state index contributed by atoms with van der Waals surface area (Å²) in [6.45, 7) is 1.17. The second-order valence-electron chi connectivity index (χ2n) is 2.54. The van der Waals surface area contributed by atoms with E-state index in [1.807, 2.05) is 0 Å². The number of benzene rings is 1. The molecule has 0 aromatic heterocycles. The maximum atomic E-state index is 12.7. The summed E-state index contributed by atoms with van der Waals surface area (Å²) < 4.78 is 17.6. The van der Waals surface area contributed by atoms with Gasteiger partial charge in [0.25, 0.3) is 0 Å². The van der Waals surface area contributed by atoms with E-state index in [9.17, 15) is 4.39 Å². The lowest BCUT2D eigenvalue weighted by Crippen LogP contribution is -2.07. The summed E-state index contributed by atoms with van der Waals surface area (Å²) in [5.74, 6) is -0.302. The summed E-state index contributed by atoms with van der Waals surface area (Å²) in [4.78, 5) is 0. The molecule has 0 saturated heterocycles. The molecule has 0 fully saturated rings.